The summed E-state index contributed by atoms with van der Waals surface area (Å²) in [6.45, 7) is 7.40. The van der Waals surface area contributed by atoms with Crippen LogP contribution in [-0.2, 0) is 9.53 Å². The van der Waals surface area contributed by atoms with E-state index in [4.69, 9.17) is 4.74 Å². The average molecular weight is 288 g/mol. The van der Waals surface area contributed by atoms with Gasteiger partial charge < -0.3 is 10.1 Å². The Morgan fingerprint density at radius 3 is 3.10 bits per heavy atom. The van der Waals surface area contributed by atoms with E-state index >= 15 is 0 Å². The van der Waals surface area contributed by atoms with Gasteiger partial charge >= 0.3 is 5.97 Å². The third-order valence-electron chi connectivity index (χ3n) is 4.84. The Labute approximate surface area is 126 Å². The summed E-state index contributed by atoms with van der Waals surface area (Å²) in [6, 6.07) is 0.502. The van der Waals surface area contributed by atoms with Gasteiger partial charge in [0.05, 0.1) is 25.1 Å². The Morgan fingerprint density at radius 2 is 2.33 bits per heavy atom. The molecule has 1 N–H and O–H groups in total. The Hall–Kier alpha value is -1.42. The summed E-state index contributed by atoms with van der Waals surface area (Å²) >= 11 is 0. The summed E-state index contributed by atoms with van der Waals surface area (Å²) in [6.07, 6.45) is 6.92. The number of hydrogen-bond donors (Lipinski definition) is 1. The normalized spacial score (nSPS) is 34.3. The van der Waals surface area contributed by atoms with Crippen LogP contribution in [0.4, 0.5) is 0 Å². The molecule has 3 unspecified atom stereocenters. The van der Waals surface area contributed by atoms with Gasteiger partial charge in [-0.05, 0) is 51.2 Å². The molecule has 3 rings (SSSR count). The van der Waals surface area contributed by atoms with Gasteiger partial charge in [0.15, 0.2) is 0 Å². The highest BCUT2D eigenvalue weighted by Gasteiger charge is 2.50. The van der Waals surface area contributed by atoms with Gasteiger partial charge in [-0.3, -0.25) is 9.79 Å². The SMILES string of the molecule is CCOC(=O)CC1=CC2=CC(C)=NCC23NC(C)CC3C1. The zero-order valence-corrected chi connectivity index (χ0v) is 13.1. The predicted octanol–water partition coefficient (Wildman–Crippen LogP) is 2.41. The number of aliphatic imine (C=N–C) groups is 1. The quantitative estimate of drug-likeness (QED) is 0.811. The van der Waals surface area contributed by atoms with Crippen LogP contribution in [0, 0.1) is 5.92 Å². The molecule has 1 fully saturated rings. The van der Waals surface area contributed by atoms with E-state index in [2.05, 4.69) is 29.4 Å². The molecule has 2 aliphatic heterocycles. The molecular formula is C17H24N2O2. The van der Waals surface area contributed by atoms with Crippen LogP contribution in [0.15, 0.2) is 28.3 Å². The van der Waals surface area contributed by atoms with Crippen LogP contribution in [0.3, 0.4) is 0 Å². The van der Waals surface area contributed by atoms with Crippen molar-refractivity contribution in [3.05, 3.63) is 23.3 Å². The van der Waals surface area contributed by atoms with Gasteiger partial charge in [-0.15, -0.1) is 0 Å². The number of rotatable bonds is 3. The van der Waals surface area contributed by atoms with E-state index < -0.39 is 0 Å². The molecule has 3 atom stereocenters. The van der Waals surface area contributed by atoms with Crippen molar-refractivity contribution in [1.82, 2.24) is 5.32 Å². The van der Waals surface area contributed by atoms with E-state index in [0.717, 1.165) is 25.1 Å². The summed E-state index contributed by atoms with van der Waals surface area (Å²) in [5, 5.41) is 3.75. The van der Waals surface area contributed by atoms with E-state index in [1.54, 1.807) is 0 Å². The van der Waals surface area contributed by atoms with Crippen molar-refractivity contribution in [3.63, 3.8) is 0 Å². The lowest BCUT2D eigenvalue weighted by Gasteiger charge is -2.42. The number of hydrogen-bond acceptors (Lipinski definition) is 4. The third kappa shape index (κ3) is 2.57. The molecule has 2 heterocycles. The number of nitrogens with zero attached hydrogens (tertiary/aromatic N) is 1. The molecule has 3 aliphatic rings. The topological polar surface area (TPSA) is 50.7 Å². The van der Waals surface area contributed by atoms with Gasteiger partial charge in [-0.2, -0.15) is 0 Å². The first kappa shape index (κ1) is 14.5. The Bertz CT molecular complexity index is 547. The number of esters is 1. The summed E-state index contributed by atoms with van der Waals surface area (Å²) in [5.41, 5.74) is 3.57. The zero-order chi connectivity index (χ0) is 15.0. The average Bonchev–Trinajstić information content (AvgIpc) is 2.72. The van der Waals surface area contributed by atoms with Crippen molar-refractivity contribution in [2.75, 3.05) is 13.2 Å². The summed E-state index contributed by atoms with van der Waals surface area (Å²) < 4.78 is 5.09. The Morgan fingerprint density at radius 1 is 1.52 bits per heavy atom. The second-order valence-electron chi connectivity index (χ2n) is 6.50. The molecule has 0 amide bonds. The molecule has 0 aromatic rings. The molecule has 4 nitrogen and oxygen atoms in total. The second kappa shape index (κ2) is 5.41. The van der Waals surface area contributed by atoms with Crippen molar-refractivity contribution < 1.29 is 9.53 Å². The van der Waals surface area contributed by atoms with Crippen molar-refractivity contribution >= 4 is 11.7 Å². The molecule has 1 saturated heterocycles. The van der Waals surface area contributed by atoms with Crippen molar-refractivity contribution in [2.45, 2.75) is 51.6 Å². The van der Waals surface area contributed by atoms with Gasteiger partial charge in [0.25, 0.3) is 0 Å². The number of dihydropyridines is 1. The first-order chi connectivity index (χ1) is 10.0. The predicted molar refractivity (Wildman–Crippen MR) is 83.4 cm³/mol. The van der Waals surface area contributed by atoms with Crippen molar-refractivity contribution in [2.24, 2.45) is 10.9 Å². The molecule has 0 bridgehead atoms. The fourth-order valence-corrected chi connectivity index (χ4v) is 4.02. The highest BCUT2D eigenvalue weighted by molar-refractivity contribution is 5.95. The van der Waals surface area contributed by atoms with E-state index in [9.17, 15) is 4.79 Å². The van der Waals surface area contributed by atoms with E-state index in [1.165, 1.54) is 11.1 Å². The van der Waals surface area contributed by atoms with Crippen LogP contribution in [0.5, 0.6) is 0 Å². The minimum absolute atomic E-state index is 0.00289. The fourth-order valence-electron chi connectivity index (χ4n) is 4.02. The number of nitrogens with one attached hydrogen (secondary N) is 1. The Balaban J connectivity index is 1.88. The lowest BCUT2D eigenvalue weighted by Crippen LogP contribution is -2.53. The summed E-state index contributed by atoms with van der Waals surface area (Å²) in [4.78, 5) is 16.4. The molecule has 1 aliphatic carbocycles. The maximum atomic E-state index is 11.8. The molecule has 114 valence electrons. The number of allylic oxidation sites excluding steroid dienone is 1. The molecule has 0 aromatic carbocycles. The molecule has 4 heteroatoms. The van der Waals surface area contributed by atoms with Gasteiger partial charge in [-0.25, -0.2) is 0 Å². The largest absolute Gasteiger partial charge is 0.466 e. The van der Waals surface area contributed by atoms with Crippen LogP contribution in [-0.4, -0.2) is 36.4 Å². The highest BCUT2D eigenvalue weighted by atomic mass is 16.5. The lowest BCUT2D eigenvalue weighted by molar-refractivity contribution is -0.142. The van der Waals surface area contributed by atoms with Gasteiger partial charge in [0, 0.05) is 11.8 Å². The van der Waals surface area contributed by atoms with Crippen molar-refractivity contribution in [3.8, 4) is 0 Å². The minimum Gasteiger partial charge on any atom is -0.466 e. The fraction of sp³-hybridized carbons (Fsp3) is 0.647. The molecule has 0 aromatic heterocycles. The maximum Gasteiger partial charge on any atom is 0.309 e. The van der Waals surface area contributed by atoms with Gasteiger partial charge in [0.2, 0.25) is 0 Å². The van der Waals surface area contributed by atoms with Crippen LogP contribution in [0.2, 0.25) is 0 Å². The second-order valence-corrected chi connectivity index (χ2v) is 6.50. The smallest absolute Gasteiger partial charge is 0.309 e. The van der Waals surface area contributed by atoms with E-state index in [0.29, 0.717) is 25.0 Å². The minimum atomic E-state index is -0.114. The number of carbonyl (C=O) groups is 1. The lowest BCUT2D eigenvalue weighted by atomic mass is 9.69. The van der Waals surface area contributed by atoms with Crippen LogP contribution in [0.1, 0.15) is 40.0 Å². The Kier molecular flexibility index (Phi) is 3.74. The number of ether oxygens (including phenoxy) is 1. The van der Waals surface area contributed by atoms with Crippen LogP contribution >= 0.6 is 0 Å². The molecule has 0 saturated carbocycles. The maximum absolute atomic E-state index is 11.8. The van der Waals surface area contributed by atoms with E-state index in [-0.39, 0.29) is 11.5 Å². The molecule has 1 spiro atoms. The molecule has 0 radical (unpaired) electrons. The highest BCUT2D eigenvalue weighted by Crippen LogP contribution is 2.46. The monoisotopic (exact) mass is 288 g/mol. The van der Waals surface area contributed by atoms with Crippen molar-refractivity contribution in [1.29, 1.82) is 0 Å². The van der Waals surface area contributed by atoms with Crippen LogP contribution in [0.25, 0.3) is 0 Å². The van der Waals surface area contributed by atoms with Gasteiger partial charge in [0.1, 0.15) is 0 Å². The standard InChI is InChI=1S/C17H24N2O2/c1-4-21-16(20)9-13-7-14-5-11(2)18-10-17(14)15(8-13)6-12(3)19-17/h5,7,12,15,19H,4,6,8-10H2,1-3H3. The molecule has 21 heavy (non-hydrogen) atoms. The van der Waals surface area contributed by atoms with Crippen LogP contribution < -0.4 is 5.32 Å². The zero-order valence-electron chi connectivity index (χ0n) is 13.1. The van der Waals surface area contributed by atoms with E-state index in [1.807, 2.05) is 13.8 Å². The summed E-state index contributed by atoms with van der Waals surface area (Å²) in [5.74, 6) is 0.419. The van der Waals surface area contributed by atoms with Gasteiger partial charge in [-0.1, -0.05) is 11.6 Å². The summed E-state index contributed by atoms with van der Waals surface area (Å²) in [7, 11) is 0. The first-order valence-corrected chi connectivity index (χ1v) is 7.89. The first-order valence-electron chi connectivity index (χ1n) is 7.89. The number of carbonyl (C=O) groups excluding carboxylic acids is 1. The molecular weight excluding hydrogens is 264 g/mol. The third-order valence-corrected chi connectivity index (χ3v) is 4.84.